The van der Waals surface area contributed by atoms with Crippen molar-refractivity contribution < 1.29 is 4.42 Å². The summed E-state index contributed by atoms with van der Waals surface area (Å²) in [6.45, 7) is 1.87. The molecule has 1 heterocycles. The highest BCUT2D eigenvalue weighted by Gasteiger charge is 2.27. The predicted molar refractivity (Wildman–Crippen MR) is 72.8 cm³/mol. The van der Waals surface area contributed by atoms with Crippen molar-refractivity contribution in [3.05, 3.63) is 24.1 Å². The Labute approximate surface area is 107 Å². The Bertz CT molecular complexity index is 563. The number of rotatable bonds is 2. The summed E-state index contributed by atoms with van der Waals surface area (Å²) in [5.74, 6) is 0.711. The smallest absolute Gasteiger partial charge is 0.192 e. The molecule has 1 aliphatic carbocycles. The molecule has 1 aromatic carbocycles. The number of benzene rings is 1. The molecule has 0 aliphatic heterocycles. The molecule has 2 aromatic rings. The van der Waals surface area contributed by atoms with Crippen LogP contribution in [0.3, 0.4) is 0 Å². The summed E-state index contributed by atoms with van der Waals surface area (Å²) in [7, 11) is 2.12. The second kappa shape index (κ2) is 4.28. The van der Waals surface area contributed by atoms with Gasteiger partial charge in [-0.15, -0.1) is 0 Å². The minimum atomic E-state index is 0.282. The van der Waals surface area contributed by atoms with Crippen LogP contribution in [0.4, 0.5) is 5.69 Å². The van der Waals surface area contributed by atoms with Crippen LogP contribution < -0.4 is 10.6 Å². The molecule has 0 spiro atoms. The fraction of sp³-hybridized carbons (Fsp3) is 0.500. The first kappa shape index (κ1) is 11.5. The summed E-state index contributed by atoms with van der Waals surface area (Å²) in [4.78, 5) is 6.66. The number of likely N-dealkylation sites (N-methyl/N-ethyl adjacent to an activating group) is 1. The topological polar surface area (TPSA) is 55.3 Å². The van der Waals surface area contributed by atoms with E-state index in [1.807, 2.05) is 13.0 Å². The third kappa shape index (κ3) is 1.86. The molecule has 18 heavy (non-hydrogen) atoms. The summed E-state index contributed by atoms with van der Waals surface area (Å²) in [5, 5.41) is 0. The van der Waals surface area contributed by atoms with Gasteiger partial charge in [-0.05, 0) is 37.5 Å². The first-order valence-corrected chi connectivity index (χ1v) is 6.51. The molecule has 0 saturated heterocycles. The largest absolute Gasteiger partial charge is 0.441 e. The molecule has 0 bridgehead atoms. The first-order valence-electron chi connectivity index (χ1n) is 6.51. The van der Waals surface area contributed by atoms with Crippen LogP contribution in [0.1, 0.15) is 25.2 Å². The lowest BCUT2D eigenvalue weighted by Gasteiger charge is -2.29. The molecule has 96 valence electrons. The summed E-state index contributed by atoms with van der Waals surface area (Å²) < 4.78 is 5.49. The van der Waals surface area contributed by atoms with Crippen LogP contribution >= 0.6 is 0 Å². The Morgan fingerprint density at radius 1 is 1.39 bits per heavy atom. The fourth-order valence-corrected chi connectivity index (χ4v) is 2.89. The average molecular weight is 245 g/mol. The molecular formula is C14H19N3O. The van der Waals surface area contributed by atoms with Gasteiger partial charge in [-0.3, -0.25) is 0 Å². The van der Waals surface area contributed by atoms with Gasteiger partial charge in [0.2, 0.25) is 0 Å². The fourth-order valence-electron chi connectivity index (χ4n) is 2.89. The van der Waals surface area contributed by atoms with Gasteiger partial charge >= 0.3 is 0 Å². The molecule has 1 aromatic heterocycles. The van der Waals surface area contributed by atoms with E-state index in [4.69, 9.17) is 10.2 Å². The number of nitrogens with zero attached hydrogens (tertiary/aromatic N) is 2. The number of aryl methyl sites for hydroxylation is 1. The number of aromatic nitrogens is 1. The lowest BCUT2D eigenvalue weighted by Crippen LogP contribution is -2.42. The lowest BCUT2D eigenvalue weighted by molar-refractivity contribution is 0.560. The molecule has 1 aliphatic rings. The highest BCUT2D eigenvalue weighted by molar-refractivity contribution is 5.77. The highest BCUT2D eigenvalue weighted by Crippen LogP contribution is 2.28. The zero-order valence-corrected chi connectivity index (χ0v) is 10.9. The van der Waals surface area contributed by atoms with Crippen LogP contribution in [0.25, 0.3) is 11.1 Å². The molecule has 2 N–H and O–H groups in total. The van der Waals surface area contributed by atoms with Gasteiger partial charge in [0.15, 0.2) is 11.5 Å². The first-order chi connectivity index (χ1) is 8.65. The Morgan fingerprint density at radius 2 is 2.22 bits per heavy atom. The maximum Gasteiger partial charge on any atom is 0.192 e. The molecule has 1 fully saturated rings. The molecule has 0 radical (unpaired) electrons. The number of nitrogens with two attached hydrogens (primary N) is 1. The molecule has 3 rings (SSSR count). The van der Waals surface area contributed by atoms with Gasteiger partial charge < -0.3 is 15.1 Å². The molecule has 4 heteroatoms. The number of anilines is 1. The molecular weight excluding hydrogens is 226 g/mol. The van der Waals surface area contributed by atoms with E-state index in [2.05, 4.69) is 29.1 Å². The van der Waals surface area contributed by atoms with Gasteiger partial charge in [0.25, 0.3) is 0 Å². The van der Waals surface area contributed by atoms with Crippen molar-refractivity contribution in [2.24, 2.45) is 5.73 Å². The molecule has 2 atom stereocenters. The van der Waals surface area contributed by atoms with Gasteiger partial charge in [0, 0.05) is 31.7 Å². The molecule has 0 amide bonds. The van der Waals surface area contributed by atoms with Crippen LogP contribution in [0.5, 0.6) is 0 Å². The van der Waals surface area contributed by atoms with Crippen molar-refractivity contribution in [3.63, 3.8) is 0 Å². The van der Waals surface area contributed by atoms with Crippen LogP contribution in [0, 0.1) is 6.92 Å². The summed E-state index contributed by atoms with van der Waals surface area (Å²) in [6.07, 6.45) is 3.52. The lowest BCUT2D eigenvalue weighted by atomic mass is 10.1. The minimum Gasteiger partial charge on any atom is -0.441 e. The van der Waals surface area contributed by atoms with E-state index < -0.39 is 0 Å². The van der Waals surface area contributed by atoms with E-state index in [-0.39, 0.29) is 6.04 Å². The summed E-state index contributed by atoms with van der Waals surface area (Å²) in [6, 6.07) is 6.87. The Hall–Kier alpha value is -1.55. The molecule has 1 saturated carbocycles. The van der Waals surface area contributed by atoms with Crippen molar-refractivity contribution in [2.75, 3.05) is 11.9 Å². The Kier molecular flexibility index (Phi) is 2.74. The zero-order valence-electron chi connectivity index (χ0n) is 10.9. The Morgan fingerprint density at radius 3 is 2.94 bits per heavy atom. The maximum absolute atomic E-state index is 6.16. The van der Waals surface area contributed by atoms with E-state index in [9.17, 15) is 0 Å². The maximum atomic E-state index is 6.16. The number of fused-ring (bicyclic) bond motifs is 1. The Balaban J connectivity index is 1.93. The number of oxazole rings is 1. The van der Waals surface area contributed by atoms with E-state index in [1.165, 1.54) is 12.8 Å². The third-order valence-electron chi connectivity index (χ3n) is 3.91. The van der Waals surface area contributed by atoms with Crippen LogP contribution in [0.2, 0.25) is 0 Å². The van der Waals surface area contributed by atoms with Crippen molar-refractivity contribution in [3.8, 4) is 0 Å². The monoisotopic (exact) mass is 245 g/mol. The van der Waals surface area contributed by atoms with E-state index in [1.54, 1.807) is 0 Å². The number of hydrogen-bond acceptors (Lipinski definition) is 4. The average Bonchev–Trinajstić information content (AvgIpc) is 2.91. The van der Waals surface area contributed by atoms with Gasteiger partial charge in [-0.2, -0.15) is 0 Å². The minimum absolute atomic E-state index is 0.282. The van der Waals surface area contributed by atoms with Crippen molar-refractivity contribution in [1.82, 2.24) is 4.98 Å². The quantitative estimate of drug-likeness (QED) is 0.883. The van der Waals surface area contributed by atoms with Crippen molar-refractivity contribution >= 4 is 16.8 Å². The van der Waals surface area contributed by atoms with E-state index in [0.717, 1.165) is 23.2 Å². The van der Waals surface area contributed by atoms with Crippen molar-refractivity contribution in [2.45, 2.75) is 38.3 Å². The van der Waals surface area contributed by atoms with Crippen LogP contribution in [-0.4, -0.2) is 24.1 Å². The summed E-state index contributed by atoms with van der Waals surface area (Å²) in [5.41, 5.74) is 9.09. The van der Waals surface area contributed by atoms with Gasteiger partial charge in [0.1, 0.15) is 5.52 Å². The van der Waals surface area contributed by atoms with E-state index in [0.29, 0.717) is 11.9 Å². The van der Waals surface area contributed by atoms with Crippen LogP contribution in [0.15, 0.2) is 22.6 Å². The van der Waals surface area contributed by atoms with Gasteiger partial charge in [0.05, 0.1) is 0 Å². The summed E-state index contributed by atoms with van der Waals surface area (Å²) >= 11 is 0. The standard InChI is InChI=1S/C14H19N3O/c1-9-16-12-8-10(6-7-14(12)18-9)17(2)13-5-3-4-11(13)15/h6-8,11,13H,3-5,15H2,1-2H3. The van der Waals surface area contributed by atoms with Crippen molar-refractivity contribution in [1.29, 1.82) is 0 Å². The number of hydrogen-bond donors (Lipinski definition) is 1. The normalized spacial score (nSPS) is 23.7. The predicted octanol–water partition coefficient (Wildman–Crippen LogP) is 2.45. The van der Waals surface area contributed by atoms with Gasteiger partial charge in [-0.25, -0.2) is 4.98 Å². The molecule has 4 nitrogen and oxygen atoms in total. The second-order valence-corrected chi connectivity index (χ2v) is 5.16. The molecule has 2 unspecified atom stereocenters. The SMILES string of the molecule is Cc1nc2cc(N(C)C3CCCC3N)ccc2o1. The zero-order chi connectivity index (χ0) is 12.7. The van der Waals surface area contributed by atoms with Gasteiger partial charge in [-0.1, -0.05) is 0 Å². The second-order valence-electron chi connectivity index (χ2n) is 5.16. The highest BCUT2D eigenvalue weighted by atomic mass is 16.3. The third-order valence-corrected chi connectivity index (χ3v) is 3.91. The van der Waals surface area contributed by atoms with Crippen LogP contribution in [-0.2, 0) is 0 Å². The van der Waals surface area contributed by atoms with E-state index >= 15 is 0 Å².